The summed E-state index contributed by atoms with van der Waals surface area (Å²) in [5.41, 5.74) is 2.22. The van der Waals surface area contributed by atoms with Gasteiger partial charge in [0.1, 0.15) is 5.75 Å². The second-order valence-corrected chi connectivity index (χ2v) is 5.75. The van der Waals surface area contributed by atoms with Crippen LogP contribution in [0.15, 0.2) is 47.0 Å². The van der Waals surface area contributed by atoms with E-state index in [9.17, 15) is 9.90 Å². The van der Waals surface area contributed by atoms with Gasteiger partial charge in [-0.15, -0.1) is 0 Å². The number of hydrogen-bond donors (Lipinski definition) is 1. The van der Waals surface area contributed by atoms with Gasteiger partial charge < -0.3 is 5.11 Å². The van der Waals surface area contributed by atoms with Crippen LogP contribution < -0.4 is 0 Å². The van der Waals surface area contributed by atoms with Crippen LogP contribution in [0.4, 0.5) is 0 Å². The van der Waals surface area contributed by atoms with Crippen molar-refractivity contribution in [2.45, 2.75) is 26.3 Å². The van der Waals surface area contributed by atoms with E-state index >= 15 is 0 Å². The number of rotatable bonds is 1. The molecule has 0 amide bonds. The molecule has 114 valence electrons. The van der Waals surface area contributed by atoms with Crippen molar-refractivity contribution in [1.82, 2.24) is 0 Å². The molecule has 23 heavy (non-hydrogen) atoms. The maximum absolute atomic E-state index is 11.9. The van der Waals surface area contributed by atoms with E-state index in [4.69, 9.17) is 0 Å². The fourth-order valence-corrected chi connectivity index (χ4v) is 2.66. The van der Waals surface area contributed by atoms with Crippen LogP contribution in [0, 0.1) is 11.8 Å². The number of phenolic OH excluding ortho intramolecular Hbond substituents is 1. The number of Topliss-reactive ketones (excluding diaryl/α,β-unsaturated/α-hetero) is 1. The van der Waals surface area contributed by atoms with Crippen molar-refractivity contribution >= 4 is 22.8 Å². The van der Waals surface area contributed by atoms with Gasteiger partial charge in [0.05, 0.1) is 6.04 Å². The highest BCUT2D eigenvalue weighted by atomic mass is 16.3. The fourth-order valence-electron chi connectivity index (χ4n) is 2.66. The third kappa shape index (κ3) is 3.17. The van der Waals surface area contributed by atoms with Crippen molar-refractivity contribution in [1.29, 1.82) is 0 Å². The molecule has 1 aliphatic rings. The third-order valence-electron chi connectivity index (χ3n) is 3.86. The molecule has 0 bridgehead atoms. The minimum absolute atomic E-state index is 0.0351. The SMILES string of the molecule is CC(=O)c1cc2cccc(O)c2cc1C#CC1=CC=NC(C)C1. The Hall–Kier alpha value is -2.86. The van der Waals surface area contributed by atoms with Crippen LogP contribution >= 0.6 is 0 Å². The van der Waals surface area contributed by atoms with E-state index in [-0.39, 0.29) is 17.6 Å². The summed E-state index contributed by atoms with van der Waals surface area (Å²) in [7, 11) is 0. The Kier molecular flexibility index (Phi) is 3.99. The van der Waals surface area contributed by atoms with Crippen molar-refractivity contribution in [2.24, 2.45) is 4.99 Å². The maximum Gasteiger partial charge on any atom is 0.161 e. The van der Waals surface area contributed by atoms with E-state index in [1.807, 2.05) is 19.1 Å². The molecule has 3 heteroatoms. The Balaban J connectivity index is 2.11. The van der Waals surface area contributed by atoms with Gasteiger partial charge in [0.25, 0.3) is 0 Å². The number of benzene rings is 2. The van der Waals surface area contributed by atoms with Crippen molar-refractivity contribution in [3.63, 3.8) is 0 Å². The summed E-state index contributed by atoms with van der Waals surface area (Å²) in [5, 5.41) is 11.5. The smallest absolute Gasteiger partial charge is 0.161 e. The van der Waals surface area contributed by atoms with Crippen LogP contribution in [0.1, 0.15) is 36.2 Å². The Morgan fingerprint density at radius 1 is 1.30 bits per heavy atom. The zero-order valence-corrected chi connectivity index (χ0v) is 13.1. The van der Waals surface area contributed by atoms with E-state index in [2.05, 4.69) is 16.8 Å². The number of nitrogens with zero attached hydrogens (tertiary/aromatic N) is 1. The molecule has 1 aliphatic heterocycles. The van der Waals surface area contributed by atoms with Gasteiger partial charge in [-0.2, -0.15) is 0 Å². The number of phenols is 1. The van der Waals surface area contributed by atoms with Crippen LogP contribution in [-0.4, -0.2) is 23.1 Å². The molecule has 1 atom stereocenters. The predicted molar refractivity (Wildman–Crippen MR) is 93.1 cm³/mol. The summed E-state index contributed by atoms with van der Waals surface area (Å²) in [5.74, 6) is 6.38. The Morgan fingerprint density at radius 2 is 2.13 bits per heavy atom. The first-order chi connectivity index (χ1) is 11.0. The molecule has 3 nitrogen and oxygen atoms in total. The van der Waals surface area contributed by atoms with Crippen molar-refractivity contribution in [3.05, 3.63) is 53.1 Å². The lowest BCUT2D eigenvalue weighted by atomic mass is 9.97. The molecule has 0 aromatic heterocycles. The van der Waals surface area contributed by atoms with Gasteiger partial charge in [0.2, 0.25) is 0 Å². The standard InChI is InChI=1S/C20H17NO2/c1-13-10-15(8-9-21-13)6-7-17-12-19-16(4-3-5-20(19)23)11-18(17)14(2)22/h3-5,8-9,11-13,23H,10H2,1-2H3. The van der Waals surface area contributed by atoms with Gasteiger partial charge in [-0.25, -0.2) is 0 Å². The average molecular weight is 303 g/mol. The van der Waals surface area contributed by atoms with Gasteiger partial charge in [0.15, 0.2) is 5.78 Å². The monoisotopic (exact) mass is 303 g/mol. The number of allylic oxidation sites excluding steroid dienone is 1. The average Bonchev–Trinajstić information content (AvgIpc) is 2.52. The first-order valence-corrected chi connectivity index (χ1v) is 7.55. The molecular formula is C20H17NO2. The molecule has 0 saturated carbocycles. The normalized spacial score (nSPS) is 16.6. The van der Waals surface area contributed by atoms with E-state index in [0.717, 1.165) is 17.4 Å². The van der Waals surface area contributed by atoms with Crippen molar-refractivity contribution in [2.75, 3.05) is 0 Å². The Labute approximate surface area is 135 Å². The highest BCUT2D eigenvalue weighted by Gasteiger charge is 2.10. The number of ketones is 1. The number of aromatic hydroxyl groups is 1. The highest BCUT2D eigenvalue weighted by molar-refractivity contribution is 6.02. The van der Waals surface area contributed by atoms with Gasteiger partial charge >= 0.3 is 0 Å². The highest BCUT2D eigenvalue weighted by Crippen LogP contribution is 2.27. The molecule has 0 radical (unpaired) electrons. The lowest BCUT2D eigenvalue weighted by Gasteiger charge is -2.09. The van der Waals surface area contributed by atoms with Gasteiger partial charge in [-0.05, 0) is 43.5 Å². The summed E-state index contributed by atoms with van der Waals surface area (Å²) in [6.07, 6.45) is 4.48. The molecule has 0 spiro atoms. The molecule has 1 heterocycles. The van der Waals surface area contributed by atoms with Gasteiger partial charge in [-0.1, -0.05) is 24.0 Å². The van der Waals surface area contributed by atoms with Crippen LogP contribution in [0.25, 0.3) is 10.8 Å². The summed E-state index contributed by atoms with van der Waals surface area (Å²) in [6, 6.07) is 9.09. The second-order valence-electron chi connectivity index (χ2n) is 5.75. The first kappa shape index (κ1) is 15.1. The predicted octanol–water partition coefficient (Wildman–Crippen LogP) is 3.89. The van der Waals surface area contributed by atoms with Crippen LogP contribution in [0.5, 0.6) is 5.75 Å². The molecule has 2 aromatic carbocycles. The number of carbonyl (C=O) groups excluding carboxylic acids is 1. The van der Waals surface area contributed by atoms with E-state index in [1.54, 1.807) is 30.5 Å². The minimum Gasteiger partial charge on any atom is -0.507 e. The zero-order chi connectivity index (χ0) is 16.4. The third-order valence-corrected chi connectivity index (χ3v) is 3.86. The molecule has 1 unspecified atom stereocenters. The van der Waals surface area contributed by atoms with E-state index in [1.165, 1.54) is 6.92 Å². The lowest BCUT2D eigenvalue weighted by molar-refractivity contribution is 0.101. The van der Waals surface area contributed by atoms with Crippen molar-refractivity contribution in [3.8, 4) is 17.6 Å². The summed E-state index contributed by atoms with van der Waals surface area (Å²) < 4.78 is 0. The van der Waals surface area contributed by atoms with Gasteiger partial charge in [-0.3, -0.25) is 9.79 Å². The largest absolute Gasteiger partial charge is 0.507 e. The molecule has 3 rings (SSSR count). The molecule has 0 saturated heterocycles. The van der Waals surface area contributed by atoms with Crippen LogP contribution in [-0.2, 0) is 0 Å². The van der Waals surface area contributed by atoms with Crippen molar-refractivity contribution < 1.29 is 9.90 Å². The fraction of sp³-hybridized carbons (Fsp3) is 0.200. The summed E-state index contributed by atoms with van der Waals surface area (Å²) >= 11 is 0. The first-order valence-electron chi connectivity index (χ1n) is 7.55. The van der Waals surface area contributed by atoms with E-state index in [0.29, 0.717) is 16.5 Å². The Bertz CT molecular complexity index is 910. The van der Waals surface area contributed by atoms with Gasteiger partial charge in [0, 0.05) is 34.7 Å². The quantitative estimate of drug-likeness (QED) is 0.642. The van der Waals surface area contributed by atoms with Crippen LogP contribution in [0.3, 0.4) is 0 Å². The topological polar surface area (TPSA) is 49.7 Å². The lowest BCUT2D eigenvalue weighted by Crippen LogP contribution is -2.04. The number of aliphatic imine (C=N–C) groups is 1. The molecule has 0 fully saturated rings. The zero-order valence-electron chi connectivity index (χ0n) is 13.1. The number of carbonyl (C=O) groups is 1. The number of fused-ring (bicyclic) bond motifs is 1. The van der Waals surface area contributed by atoms with E-state index < -0.39 is 0 Å². The molecular weight excluding hydrogens is 286 g/mol. The second kappa shape index (κ2) is 6.10. The summed E-state index contributed by atoms with van der Waals surface area (Å²) in [4.78, 5) is 16.2. The maximum atomic E-state index is 11.9. The molecule has 0 aliphatic carbocycles. The minimum atomic E-state index is -0.0351. The summed E-state index contributed by atoms with van der Waals surface area (Å²) in [6.45, 7) is 3.57. The Morgan fingerprint density at radius 3 is 2.87 bits per heavy atom. The number of dihydropyridines is 1. The molecule has 1 N–H and O–H groups in total. The number of hydrogen-bond acceptors (Lipinski definition) is 3. The molecule has 2 aromatic rings. The van der Waals surface area contributed by atoms with Crippen LogP contribution in [0.2, 0.25) is 0 Å².